The first-order valence-corrected chi connectivity index (χ1v) is 6.69. The van der Waals surface area contributed by atoms with Crippen LogP contribution in [-0.4, -0.2) is 19.0 Å². The molecule has 1 aromatic carbocycles. The van der Waals surface area contributed by atoms with Crippen molar-refractivity contribution in [3.05, 3.63) is 34.3 Å². The van der Waals surface area contributed by atoms with Crippen LogP contribution in [0.15, 0.2) is 28.7 Å². The maximum Gasteiger partial charge on any atom is 0.221 e. The molecular formula is C13H19BrN2O. The summed E-state index contributed by atoms with van der Waals surface area (Å²) in [5.74, 6) is 0.0966. The van der Waals surface area contributed by atoms with Gasteiger partial charge in [-0.2, -0.15) is 0 Å². The lowest BCUT2D eigenvalue weighted by molar-refractivity contribution is -0.120. The van der Waals surface area contributed by atoms with Gasteiger partial charge in [-0.15, -0.1) is 0 Å². The summed E-state index contributed by atoms with van der Waals surface area (Å²) in [4.78, 5) is 11.3. The van der Waals surface area contributed by atoms with Gasteiger partial charge in [0.15, 0.2) is 0 Å². The standard InChI is InChI=1S/C13H19BrN2O/c1-3-15-13(17)8-9-16-10(2)11-6-4-5-7-12(11)14/h4-7,10,16H,3,8-9H2,1-2H3,(H,15,17). The summed E-state index contributed by atoms with van der Waals surface area (Å²) in [5.41, 5.74) is 1.21. The van der Waals surface area contributed by atoms with E-state index in [1.165, 1.54) is 5.56 Å². The molecule has 17 heavy (non-hydrogen) atoms. The van der Waals surface area contributed by atoms with Gasteiger partial charge in [0.05, 0.1) is 0 Å². The van der Waals surface area contributed by atoms with Gasteiger partial charge in [0.25, 0.3) is 0 Å². The molecule has 0 heterocycles. The molecule has 0 radical (unpaired) electrons. The van der Waals surface area contributed by atoms with E-state index in [4.69, 9.17) is 0 Å². The normalized spacial score (nSPS) is 12.2. The van der Waals surface area contributed by atoms with Crippen LogP contribution < -0.4 is 10.6 Å². The fourth-order valence-corrected chi connectivity index (χ4v) is 2.25. The highest BCUT2D eigenvalue weighted by molar-refractivity contribution is 9.10. The Bertz CT molecular complexity index is 368. The van der Waals surface area contributed by atoms with Gasteiger partial charge in [-0.1, -0.05) is 34.1 Å². The number of benzene rings is 1. The summed E-state index contributed by atoms with van der Waals surface area (Å²) in [6.07, 6.45) is 0.517. The van der Waals surface area contributed by atoms with Gasteiger partial charge in [-0.3, -0.25) is 4.79 Å². The zero-order chi connectivity index (χ0) is 12.7. The average molecular weight is 299 g/mol. The third-order valence-corrected chi connectivity index (χ3v) is 3.27. The lowest BCUT2D eigenvalue weighted by atomic mass is 10.1. The van der Waals surface area contributed by atoms with Crippen molar-refractivity contribution < 1.29 is 4.79 Å². The van der Waals surface area contributed by atoms with Crippen LogP contribution in [-0.2, 0) is 4.79 Å². The summed E-state index contributed by atoms with van der Waals surface area (Å²) >= 11 is 3.52. The minimum atomic E-state index is 0.0966. The highest BCUT2D eigenvalue weighted by Crippen LogP contribution is 2.22. The maximum absolute atomic E-state index is 11.3. The van der Waals surface area contributed by atoms with Crippen LogP contribution in [0.1, 0.15) is 31.9 Å². The second-order valence-corrected chi connectivity index (χ2v) is 4.76. The van der Waals surface area contributed by atoms with Gasteiger partial charge in [-0.25, -0.2) is 0 Å². The van der Waals surface area contributed by atoms with E-state index in [0.29, 0.717) is 19.5 Å². The Morgan fingerprint density at radius 3 is 2.76 bits per heavy atom. The van der Waals surface area contributed by atoms with E-state index in [1.54, 1.807) is 0 Å². The molecule has 0 aromatic heterocycles. The smallest absolute Gasteiger partial charge is 0.221 e. The summed E-state index contributed by atoms with van der Waals surface area (Å²) in [5, 5.41) is 6.12. The highest BCUT2D eigenvalue weighted by Gasteiger charge is 2.08. The zero-order valence-electron chi connectivity index (χ0n) is 10.3. The number of rotatable bonds is 6. The van der Waals surface area contributed by atoms with Crippen molar-refractivity contribution in [1.82, 2.24) is 10.6 Å². The minimum absolute atomic E-state index is 0.0966. The molecule has 3 nitrogen and oxygen atoms in total. The lowest BCUT2D eigenvalue weighted by Crippen LogP contribution is -2.28. The number of carbonyl (C=O) groups excluding carboxylic acids is 1. The number of halogens is 1. The fraction of sp³-hybridized carbons (Fsp3) is 0.462. The van der Waals surface area contributed by atoms with Crippen molar-refractivity contribution in [2.75, 3.05) is 13.1 Å². The van der Waals surface area contributed by atoms with E-state index in [1.807, 2.05) is 25.1 Å². The first-order valence-electron chi connectivity index (χ1n) is 5.89. The van der Waals surface area contributed by atoms with Crippen LogP contribution in [0.2, 0.25) is 0 Å². The molecule has 0 saturated carbocycles. The van der Waals surface area contributed by atoms with Crippen LogP contribution in [0.3, 0.4) is 0 Å². The number of hydrogen-bond donors (Lipinski definition) is 2. The molecule has 94 valence electrons. The Morgan fingerprint density at radius 2 is 2.12 bits per heavy atom. The van der Waals surface area contributed by atoms with E-state index in [9.17, 15) is 4.79 Å². The SMILES string of the molecule is CCNC(=O)CCNC(C)c1ccccc1Br. The van der Waals surface area contributed by atoms with Crippen LogP contribution in [0.4, 0.5) is 0 Å². The summed E-state index contributed by atoms with van der Waals surface area (Å²) in [6, 6.07) is 8.35. The number of carbonyl (C=O) groups is 1. The zero-order valence-corrected chi connectivity index (χ0v) is 11.9. The average Bonchev–Trinajstić information content (AvgIpc) is 2.29. The van der Waals surface area contributed by atoms with Gasteiger partial charge in [0.1, 0.15) is 0 Å². The van der Waals surface area contributed by atoms with Crippen molar-refractivity contribution in [2.24, 2.45) is 0 Å². The van der Waals surface area contributed by atoms with E-state index in [2.05, 4.69) is 39.6 Å². The molecule has 0 aliphatic heterocycles. The van der Waals surface area contributed by atoms with E-state index in [0.717, 1.165) is 4.47 Å². The van der Waals surface area contributed by atoms with E-state index < -0.39 is 0 Å². The Kier molecular flexibility index (Phi) is 6.22. The first kappa shape index (κ1) is 14.2. The molecule has 0 bridgehead atoms. The summed E-state index contributed by atoms with van der Waals surface area (Å²) in [7, 11) is 0. The van der Waals surface area contributed by atoms with Gasteiger partial charge < -0.3 is 10.6 Å². The van der Waals surface area contributed by atoms with E-state index >= 15 is 0 Å². The summed E-state index contributed by atoms with van der Waals surface area (Å²) in [6.45, 7) is 5.40. The van der Waals surface area contributed by atoms with Crippen molar-refractivity contribution in [2.45, 2.75) is 26.3 Å². The van der Waals surface area contributed by atoms with Crippen LogP contribution in [0, 0.1) is 0 Å². The van der Waals surface area contributed by atoms with E-state index in [-0.39, 0.29) is 11.9 Å². The van der Waals surface area contributed by atoms with Gasteiger partial charge in [0, 0.05) is 30.0 Å². The molecule has 0 spiro atoms. The third-order valence-electron chi connectivity index (χ3n) is 2.55. The molecule has 0 saturated heterocycles. The highest BCUT2D eigenvalue weighted by atomic mass is 79.9. The van der Waals surface area contributed by atoms with Crippen molar-refractivity contribution in [3.63, 3.8) is 0 Å². The molecule has 1 rings (SSSR count). The molecular weight excluding hydrogens is 280 g/mol. The Hall–Kier alpha value is -0.870. The molecule has 1 aromatic rings. The quantitative estimate of drug-likeness (QED) is 0.848. The second kappa shape index (κ2) is 7.45. The van der Waals surface area contributed by atoms with Gasteiger partial charge in [0.2, 0.25) is 5.91 Å². The predicted octanol–water partition coefficient (Wildman–Crippen LogP) is 2.63. The molecule has 2 N–H and O–H groups in total. The Morgan fingerprint density at radius 1 is 1.41 bits per heavy atom. The maximum atomic E-state index is 11.3. The summed E-state index contributed by atoms with van der Waals surface area (Å²) < 4.78 is 1.10. The second-order valence-electron chi connectivity index (χ2n) is 3.90. The van der Waals surface area contributed by atoms with Crippen molar-refractivity contribution in [3.8, 4) is 0 Å². The number of nitrogens with one attached hydrogen (secondary N) is 2. The number of hydrogen-bond acceptors (Lipinski definition) is 2. The van der Waals surface area contributed by atoms with Gasteiger partial charge >= 0.3 is 0 Å². The Labute approximate surface area is 111 Å². The molecule has 1 amide bonds. The molecule has 1 unspecified atom stereocenters. The van der Waals surface area contributed by atoms with Crippen molar-refractivity contribution in [1.29, 1.82) is 0 Å². The lowest BCUT2D eigenvalue weighted by Gasteiger charge is -2.15. The van der Waals surface area contributed by atoms with Gasteiger partial charge in [-0.05, 0) is 25.5 Å². The van der Waals surface area contributed by atoms with Crippen LogP contribution >= 0.6 is 15.9 Å². The Balaban J connectivity index is 2.38. The first-order chi connectivity index (χ1) is 8.15. The molecule has 4 heteroatoms. The topological polar surface area (TPSA) is 41.1 Å². The van der Waals surface area contributed by atoms with Crippen LogP contribution in [0.25, 0.3) is 0 Å². The molecule has 0 fully saturated rings. The number of amides is 1. The predicted molar refractivity (Wildman–Crippen MR) is 73.9 cm³/mol. The van der Waals surface area contributed by atoms with Crippen molar-refractivity contribution >= 4 is 21.8 Å². The fourth-order valence-electron chi connectivity index (χ4n) is 1.62. The molecule has 1 atom stereocenters. The van der Waals surface area contributed by atoms with Crippen LogP contribution in [0.5, 0.6) is 0 Å². The molecule has 0 aliphatic rings. The molecule has 0 aliphatic carbocycles. The largest absolute Gasteiger partial charge is 0.356 e. The third kappa shape index (κ3) is 4.88. The minimum Gasteiger partial charge on any atom is -0.356 e. The monoisotopic (exact) mass is 298 g/mol.